The zero-order valence-corrected chi connectivity index (χ0v) is 11.8. The molecule has 2 saturated carbocycles. The molecule has 2 fully saturated rings. The van der Waals surface area contributed by atoms with Crippen molar-refractivity contribution in [2.45, 2.75) is 75.2 Å². The molecule has 0 heterocycles. The maximum absolute atomic E-state index is 11.5. The average molecular weight is 256 g/mol. The quantitative estimate of drug-likeness (QED) is 0.826. The van der Waals surface area contributed by atoms with Gasteiger partial charge in [0, 0.05) is 5.25 Å². The molecule has 0 radical (unpaired) electrons. The van der Waals surface area contributed by atoms with Crippen LogP contribution in [-0.4, -0.2) is 21.1 Å². The highest BCUT2D eigenvalue weighted by atomic mass is 32.2. The summed E-state index contributed by atoms with van der Waals surface area (Å²) in [5.41, 5.74) is 0.386. The molecule has 2 rings (SSSR count). The highest BCUT2D eigenvalue weighted by Crippen LogP contribution is 2.61. The van der Waals surface area contributed by atoms with Crippen molar-refractivity contribution in [3.8, 4) is 0 Å². The third kappa shape index (κ3) is 2.64. The average Bonchev–Trinajstić information content (AvgIpc) is 2.40. The molecule has 0 aromatic carbocycles. The molecular weight excluding hydrogens is 232 g/mol. The summed E-state index contributed by atoms with van der Waals surface area (Å²) in [7, 11) is 0. The molecule has 2 nitrogen and oxygen atoms in total. The molecule has 2 aliphatic rings. The predicted molar refractivity (Wildman–Crippen MR) is 72.5 cm³/mol. The van der Waals surface area contributed by atoms with E-state index in [1.54, 1.807) is 11.8 Å². The van der Waals surface area contributed by atoms with E-state index in [1.807, 2.05) is 0 Å². The smallest absolute Gasteiger partial charge is 0.319 e. The van der Waals surface area contributed by atoms with Gasteiger partial charge in [0.25, 0.3) is 0 Å². The van der Waals surface area contributed by atoms with Crippen LogP contribution < -0.4 is 0 Å². The van der Waals surface area contributed by atoms with E-state index in [9.17, 15) is 9.90 Å². The second kappa shape index (κ2) is 4.83. The van der Waals surface area contributed by atoms with Gasteiger partial charge in [0.15, 0.2) is 0 Å². The first-order valence-corrected chi connectivity index (χ1v) is 7.77. The van der Waals surface area contributed by atoms with Gasteiger partial charge in [-0.05, 0) is 31.1 Å². The lowest BCUT2D eigenvalue weighted by Crippen LogP contribution is -2.55. The fraction of sp³-hybridized carbons (Fsp3) is 0.929. The molecule has 0 aliphatic heterocycles. The van der Waals surface area contributed by atoms with Crippen LogP contribution in [0.5, 0.6) is 0 Å². The Bertz CT molecular complexity index is 283. The molecule has 0 unspecified atom stereocenters. The van der Waals surface area contributed by atoms with Crippen molar-refractivity contribution in [3.63, 3.8) is 0 Å². The number of carbonyl (C=O) groups is 1. The monoisotopic (exact) mass is 256 g/mol. The third-order valence-corrected chi connectivity index (χ3v) is 5.72. The van der Waals surface area contributed by atoms with E-state index in [-0.39, 0.29) is 0 Å². The molecule has 2 aliphatic carbocycles. The van der Waals surface area contributed by atoms with E-state index in [2.05, 4.69) is 13.8 Å². The Morgan fingerprint density at radius 2 is 1.65 bits per heavy atom. The fourth-order valence-corrected chi connectivity index (χ4v) is 5.51. The van der Waals surface area contributed by atoms with E-state index in [0.29, 0.717) is 10.7 Å². The van der Waals surface area contributed by atoms with Crippen molar-refractivity contribution in [1.82, 2.24) is 0 Å². The van der Waals surface area contributed by atoms with Gasteiger partial charge in [-0.2, -0.15) is 0 Å². The van der Waals surface area contributed by atoms with Gasteiger partial charge in [0.1, 0.15) is 4.75 Å². The number of thioether (sulfide) groups is 1. The molecular formula is C14H24O2S. The van der Waals surface area contributed by atoms with Crippen LogP contribution in [0.1, 0.15) is 65.2 Å². The van der Waals surface area contributed by atoms with Crippen molar-refractivity contribution in [2.75, 3.05) is 0 Å². The van der Waals surface area contributed by atoms with Gasteiger partial charge in [-0.3, -0.25) is 4.79 Å². The summed E-state index contributed by atoms with van der Waals surface area (Å²) < 4.78 is -0.460. The number of hydrogen-bond acceptors (Lipinski definition) is 2. The standard InChI is InChI=1S/C14H24O2S/c1-11(2)17-14(12(15)16)9-13(10-14)7-5-3-4-6-8-13/h11H,3-10H2,1-2H3,(H,15,16). The maximum Gasteiger partial charge on any atom is 0.319 e. The lowest BCUT2D eigenvalue weighted by Gasteiger charge is -2.54. The van der Waals surface area contributed by atoms with Crippen molar-refractivity contribution < 1.29 is 9.90 Å². The SMILES string of the molecule is CC(C)SC1(C(=O)O)CC2(CCCCCC2)C1. The highest BCUT2D eigenvalue weighted by Gasteiger charge is 2.58. The lowest BCUT2D eigenvalue weighted by molar-refractivity contribution is -0.147. The molecule has 3 heteroatoms. The zero-order chi connectivity index (χ0) is 12.5. The first kappa shape index (κ1) is 13.3. The molecule has 17 heavy (non-hydrogen) atoms. The minimum absolute atomic E-state index is 0.386. The maximum atomic E-state index is 11.5. The van der Waals surface area contributed by atoms with Gasteiger partial charge in [0.05, 0.1) is 0 Å². The summed E-state index contributed by atoms with van der Waals surface area (Å²) in [5.74, 6) is -0.578. The Labute approximate surface area is 109 Å². The molecule has 0 aromatic heterocycles. The molecule has 0 saturated heterocycles. The van der Waals surface area contributed by atoms with Crippen LogP contribution in [0.15, 0.2) is 0 Å². The van der Waals surface area contributed by atoms with Crippen LogP contribution in [0.25, 0.3) is 0 Å². The molecule has 1 N–H and O–H groups in total. The molecule has 0 amide bonds. The zero-order valence-electron chi connectivity index (χ0n) is 11.0. The van der Waals surface area contributed by atoms with Crippen LogP contribution in [0.4, 0.5) is 0 Å². The van der Waals surface area contributed by atoms with Crippen LogP contribution in [0, 0.1) is 5.41 Å². The normalized spacial score (nSPS) is 26.5. The topological polar surface area (TPSA) is 37.3 Å². The van der Waals surface area contributed by atoms with Gasteiger partial charge in [-0.15, -0.1) is 11.8 Å². The molecule has 0 atom stereocenters. The van der Waals surface area contributed by atoms with Crippen molar-refractivity contribution >= 4 is 17.7 Å². The Morgan fingerprint density at radius 1 is 1.12 bits per heavy atom. The lowest BCUT2D eigenvalue weighted by atomic mass is 9.58. The van der Waals surface area contributed by atoms with Crippen LogP contribution in [0.3, 0.4) is 0 Å². The summed E-state index contributed by atoms with van der Waals surface area (Å²) in [6.07, 6.45) is 9.67. The van der Waals surface area contributed by atoms with Crippen molar-refractivity contribution in [3.05, 3.63) is 0 Å². The summed E-state index contributed by atoms with van der Waals surface area (Å²) in [6, 6.07) is 0. The highest BCUT2D eigenvalue weighted by molar-refractivity contribution is 8.02. The van der Waals surface area contributed by atoms with Gasteiger partial charge in [-0.25, -0.2) is 0 Å². The minimum Gasteiger partial charge on any atom is -0.480 e. The predicted octanol–water partition coefficient (Wildman–Crippen LogP) is 4.09. The molecule has 0 aromatic rings. The van der Waals surface area contributed by atoms with Gasteiger partial charge < -0.3 is 5.11 Å². The second-order valence-corrected chi connectivity index (χ2v) is 8.19. The van der Waals surface area contributed by atoms with Crippen LogP contribution in [-0.2, 0) is 4.79 Å². The first-order chi connectivity index (χ1) is 7.98. The number of carboxylic acid groups (broad SMARTS) is 1. The second-order valence-electron chi connectivity index (χ2n) is 6.23. The Balaban J connectivity index is 2.03. The van der Waals surface area contributed by atoms with E-state index in [4.69, 9.17) is 0 Å². The molecule has 1 spiro atoms. The molecule has 98 valence electrons. The Hall–Kier alpha value is -0.180. The Morgan fingerprint density at radius 3 is 2.06 bits per heavy atom. The Kier molecular flexibility index (Phi) is 3.77. The van der Waals surface area contributed by atoms with E-state index < -0.39 is 10.7 Å². The van der Waals surface area contributed by atoms with Crippen molar-refractivity contribution in [2.24, 2.45) is 5.41 Å². The van der Waals surface area contributed by atoms with E-state index in [0.717, 1.165) is 12.8 Å². The first-order valence-electron chi connectivity index (χ1n) is 6.89. The fourth-order valence-electron chi connectivity index (χ4n) is 3.73. The number of hydrogen-bond donors (Lipinski definition) is 1. The summed E-state index contributed by atoms with van der Waals surface area (Å²) in [5, 5.41) is 9.91. The van der Waals surface area contributed by atoms with Gasteiger partial charge >= 0.3 is 5.97 Å². The van der Waals surface area contributed by atoms with Crippen molar-refractivity contribution in [1.29, 1.82) is 0 Å². The third-order valence-electron chi connectivity index (χ3n) is 4.34. The number of carboxylic acids is 1. The summed E-state index contributed by atoms with van der Waals surface area (Å²) in [6.45, 7) is 4.21. The van der Waals surface area contributed by atoms with Gasteiger partial charge in [-0.1, -0.05) is 39.5 Å². The van der Waals surface area contributed by atoms with Gasteiger partial charge in [0.2, 0.25) is 0 Å². The number of aliphatic carboxylic acids is 1. The van der Waals surface area contributed by atoms with E-state index in [1.165, 1.54) is 38.5 Å². The van der Waals surface area contributed by atoms with E-state index >= 15 is 0 Å². The summed E-state index contributed by atoms with van der Waals surface area (Å²) in [4.78, 5) is 11.5. The largest absolute Gasteiger partial charge is 0.480 e. The van der Waals surface area contributed by atoms with Crippen LogP contribution >= 0.6 is 11.8 Å². The summed E-state index contributed by atoms with van der Waals surface area (Å²) >= 11 is 1.67. The minimum atomic E-state index is -0.578. The number of rotatable bonds is 3. The van der Waals surface area contributed by atoms with Crippen LogP contribution in [0.2, 0.25) is 0 Å². The molecule has 0 bridgehead atoms.